The SMILES string of the molecule is N#Cc1ccc(N2CCN3CCC2CC3)cc1Cl. The zero-order valence-electron chi connectivity index (χ0n) is 10.3. The molecule has 0 spiro atoms. The van der Waals surface area contributed by atoms with Crippen molar-refractivity contribution in [3.05, 3.63) is 28.8 Å². The van der Waals surface area contributed by atoms with E-state index in [1.165, 1.54) is 25.9 Å². The molecule has 94 valence electrons. The summed E-state index contributed by atoms with van der Waals surface area (Å²) in [4.78, 5) is 4.99. The molecule has 3 aliphatic heterocycles. The average Bonchev–Trinajstić information content (AvgIpc) is 2.72. The summed E-state index contributed by atoms with van der Waals surface area (Å²) < 4.78 is 0. The first kappa shape index (κ1) is 11.8. The maximum atomic E-state index is 8.91. The third-order valence-corrected chi connectivity index (χ3v) is 4.37. The van der Waals surface area contributed by atoms with E-state index in [0.717, 1.165) is 18.8 Å². The number of nitrogens with zero attached hydrogens (tertiary/aromatic N) is 3. The van der Waals surface area contributed by atoms with Gasteiger partial charge in [0.05, 0.1) is 10.6 Å². The summed E-state index contributed by atoms with van der Waals surface area (Å²) in [5.41, 5.74) is 1.72. The molecule has 3 aliphatic rings. The van der Waals surface area contributed by atoms with Crippen molar-refractivity contribution in [3.63, 3.8) is 0 Å². The first-order valence-electron chi connectivity index (χ1n) is 6.46. The van der Waals surface area contributed by atoms with Gasteiger partial charge in [0, 0.05) is 37.9 Å². The number of piperidine rings is 1. The normalized spacial score (nSPS) is 26.8. The van der Waals surface area contributed by atoms with Gasteiger partial charge in [-0.3, -0.25) is 0 Å². The molecule has 0 saturated carbocycles. The molecule has 3 fully saturated rings. The minimum Gasteiger partial charge on any atom is -0.367 e. The van der Waals surface area contributed by atoms with Crippen LogP contribution >= 0.6 is 11.6 Å². The Kier molecular flexibility index (Phi) is 3.15. The lowest BCUT2D eigenvalue weighted by atomic mass is 10.0. The van der Waals surface area contributed by atoms with Crippen molar-refractivity contribution < 1.29 is 0 Å². The molecule has 1 aromatic carbocycles. The number of anilines is 1. The maximum Gasteiger partial charge on any atom is 0.101 e. The highest BCUT2D eigenvalue weighted by Gasteiger charge is 2.29. The van der Waals surface area contributed by atoms with Crippen molar-refractivity contribution in [1.82, 2.24) is 4.90 Å². The minimum absolute atomic E-state index is 0.559. The molecule has 2 bridgehead atoms. The molecule has 1 aromatic rings. The minimum atomic E-state index is 0.559. The molecule has 0 unspecified atom stereocenters. The largest absolute Gasteiger partial charge is 0.367 e. The van der Waals surface area contributed by atoms with Crippen LogP contribution in [0.3, 0.4) is 0 Å². The highest BCUT2D eigenvalue weighted by molar-refractivity contribution is 6.32. The van der Waals surface area contributed by atoms with Crippen LogP contribution in [-0.2, 0) is 0 Å². The van der Waals surface area contributed by atoms with Crippen molar-refractivity contribution in [2.75, 3.05) is 31.1 Å². The predicted octanol–water partition coefficient (Wildman–Crippen LogP) is 2.50. The summed E-state index contributed by atoms with van der Waals surface area (Å²) in [7, 11) is 0. The Morgan fingerprint density at radius 1 is 1.17 bits per heavy atom. The highest BCUT2D eigenvalue weighted by Crippen LogP contribution is 2.29. The molecule has 4 rings (SSSR count). The van der Waals surface area contributed by atoms with Crippen LogP contribution in [0, 0.1) is 11.3 Å². The van der Waals surface area contributed by atoms with Gasteiger partial charge in [-0.25, -0.2) is 0 Å². The number of rotatable bonds is 1. The molecule has 3 heterocycles. The van der Waals surface area contributed by atoms with Crippen LogP contribution in [0.5, 0.6) is 0 Å². The van der Waals surface area contributed by atoms with Gasteiger partial charge in [-0.2, -0.15) is 5.26 Å². The van der Waals surface area contributed by atoms with E-state index in [1.807, 2.05) is 18.2 Å². The van der Waals surface area contributed by atoms with E-state index >= 15 is 0 Å². The summed E-state index contributed by atoms with van der Waals surface area (Å²) in [5.74, 6) is 0. The number of nitriles is 1. The second-order valence-corrected chi connectivity index (χ2v) is 5.45. The van der Waals surface area contributed by atoms with Gasteiger partial charge in [0.25, 0.3) is 0 Å². The summed E-state index contributed by atoms with van der Waals surface area (Å²) >= 11 is 6.13. The molecular weight excluding hydrogens is 246 g/mol. The Labute approximate surface area is 113 Å². The molecule has 0 aliphatic carbocycles. The fraction of sp³-hybridized carbons (Fsp3) is 0.500. The summed E-state index contributed by atoms with van der Waals surface area (Å²) in [6.45, 7) is 4.62. The lowest BCUT2D eigenvalue weighted by Gasteiger charge is -2.33. The van der Waals surface area contributed by atoms with E-state index in [0.29, 0.717) is 16.6 Å². The van der Waals surface area contributed by atoms with Crippen LogP contribution in [0.4, 0.5) is 5.69 Å². The highest BCUT2D eigenvalue weighted by atomic mass is 35.5. The van der Waals surface area contributed by atoms with Gasteiger partial charge < -0.3 is 9.80 Å². The second kappa shape index (κ2) is 4.79. The smallest absolute Gasteiger partial charge is 0.101 e. The van der Waals surface area contributed by atoms with Gasteiger partial charge in [0.2, 0.25) is 0 Å². The first-order valence-corrected chi connectivity index (χ1v) is 6.84. The van der Waals surface area contributed by atoms with Gasteiger partial charge in [0.15, 0.2) is 0 Å². The second-order valence-electron chi connectivity index (χ2n) is 5.04. The number of hydrogen-bond donors (Lipinski definition) is 0. The Bertz CT molecular complexity index is 486. The van der Waals surface area contributed by atoms with Crippen LogP contribution in [0.25, 0.3) is 0 Å². The van der Waals surface area contributed by atoms with Crippen LogP contribution in [-0.4, -0.2) is 37.1 Å². The third-order valence-electron chi connectivity index (χ3n) is 4.06. The standard InChI is InChI=1S/C14H16ClN3/c15-14-9-13(2-1-11(14)10-16)18-8-7-17-5-3-12(18)4-6-17/h1-2,9,12H,3-8H2. The van der Waals surface area contributed by atoms with Crippen LogP contribution in [0.1, 0.15) is 18.4 Å². The Morgan fingerprint density at radius 3 is 2.61 bits per heavy atom. The zero-order chi connectivity index (χ0) is 12.5. The van der Waals surface area contributed by atoms with E-state index in [9.17, 15) is 0 Å². The van der Waals surface area contributed by atoms with Gasteiger partial charge in [0.1, 0.15) is 6.07 Å². The molecule has 0 atom stereocenters. The summed E-state index contributed by atoms with van der Waals surface area (Å²) in [6.07, 6.45) is 2.47. The Hall–Kier alpha value is -1.24. The lowest BCUT2D eigenvalue weighted by Crippen LogP contribution is -2.37. The molecule has 0 radical (unpaired) electrons. The van der Waals surface area contributed by atoms with E-state index in [2.05, 4.69) is 15.9 Å². The van der Waals surface area contributed by atoms with Crippen molar-refractivity contribution in [2.24, 2.45) is 0 Å². The average molecular weight is 262 g/mol. The van der Waals surface area contributed by atoms with Crippen molar-refractivity contribution in [3.8, 4) is 6.07 Å². The molecule has 4 heteroatoms. The number of fused-ring (bicyclic) bond motifs is 4. The van der Waals surface area contributed by atoms with Crippen molar-refractivity contribution in [2.45, 2.75) is 18.9 Å². The zero-order valence-corrected chi connectivity index (χ0v) is 11.0. The van der Waals surface area contributed by atoms with E-state index < -0.39 is 0 Å². The fourth-order valence-electron chi connectivity index (χ4n) is 3.00. The van der Waals surface area contributed by atoms with E-state index in [-0.39, 0.29) is 0 Å². The summed E-state index contributed by atoms with van der Waals surface area (Å²) in [5, 5.41) is 9.48. The lowest BCUT2D eigenvalue weighted by molar-refractivity contribution is 0.250. The van der Waals surface area contributed by atoms with Crippen molar-refractivity contribution >= 4 is 17.3 Å². The first-order chi connectivity index (χ1) is 8.78. The molecule has 0 aromatic heterocycles. The number of hydrogen-bond acceptors (Lipinski definition) is 3. The van der Waals surface area contributed by atoms with Gasteiger partial charge in [-0.15, -0.1) is 0 Å². The maximum absolute atomic E-state index is 8.91. The van der Waals surface area contributed by atoms with Crippen LogP contribution in [0.15, 0.2) is 18.2 Å². The van der Waals surface area contributed by atoms with E-state index in [4.69, 9.17) is 16.9 Å². The molecule has 0 N–H and O–H groups in total. The summed E-state index contributed by atoms with van der Waals surface area (Å²) in [6, 6.07) is 8.54. The molecular formula is C14H16ClN3. The molecule has 3 nitrogen and oxygen atoms in total. The monoisotopic (exact) mass is 261 g/mol. The topological polar surface area (TPSA) is 30.3 Å². The fourth-order valence-corrected chi connectivity index (χ4v) is 3.22. The Balaban J connectivity index is 1.90. The molecule has 0 amide bonds. The van der Waals surface area contributed by atoms with Crippen molar-refractivity contribution in [1.29, 1.82) is 5.26 Å². The van der Waals surface area contributed by atoms with Crippen LogP contribution < -0.4 is 4.90 Å². The van der Waals surface area contributed by atoms with E-state index in [1.54, 1.807) is 0 Å². The molecule has 18 heavy (non-hydrogen) atoms. The van der Waals surface area contributed by atoms with Gasteiger partial charge in [-0.1, -0.05) is 11.6 Å². The third kappa shape index (κ3) is 2.07. The van der Waals surface area contributed by atoms with Gasteiger partial charge in [-0.05, 0) is 31.0 Å². The quantitative estimate of drug-likeness (QED) is 0.778. The number of benzene rings is 1. The Morgan fingerprint density at radius 2 is 1.94 bits per heavy atom. The van der Waals surface area contributed by atoms with Crippen LogP contribution in [0.2, 0.25) is 5.02 Å². The number of halogens is 1. The predicted molar refractivity (Wildman–Crippen MR) is 73.0 cm³/mol. The van der Waals surface area contributed by atoms with Gasteiger partial charge >= 0.3 is 0 Å². The molecule has 3 saturated heterocycles.